The molecule has 1 aromatic heterocycles. The molecule has 1 aromatic carbocycles. The highest BCUT2D eigenvalue weighted by atomic mass is 16.2. The van der Waals surface area contributed by atoms with E-state index in [1.807, 2.05) is 43.0 Å². The number of carbonyl (C=O) groups is 1. The Morgan fingerprint density at radius 3 is 2.80 bits per heavy atom. The van der Waals surface area contributed by atoms with Crippen molar-refractivity contribution in [1.29, 1.82) is 5.26 Å². The number of rotatable bonds is 5. The van der Waals surface area contributed by atoms with Crippen molar-refractivity contribution in [3.05, 3.63) is 58.3 Å². The first-order chi connectivity index (χ1) is 12.1. The van der Waals surface area contributed by atoms with Gasteiger partial charge in [-0.2, -0.15) is 5.26 Å². The number of likely N-dealkylation sites (tertiary alicyclic amines) is 1. The van der Waals surface area contributed by atoms with Gasteiger partial charge in [0.1, 0.15) is 11.9 Å². The van der Waals surface area contributed by atoms with Gasteiger partial charge in [0.2, 0.25) is 5.91 Å². The minimum absolute atomic E-state index is 0.238. The smallest absolute Gasteiger partial charge is 0.222 e. The van der Waals surface area contributed by atoms with Gasteiger partial charge in [-0.3, -0.25) is 4.79 Å². The van der Waals surface area contributed by atoms with Gasteiger partial charge >= 0.3 is 0 Å². The average molecular weight is 334 g/mol. The summed E-state index contributed by atoms with van der Waals surface area (Å²) in [5.74, 6) is 0.863. The zero-order chi connectivity index (χ0) is 17.8. The molecule has 0 bridgehead atoms. The summed E-state index contributed by atoms with van der Waals surface area (Å²) < 4.78 is 0. The molecule has 0 spiro atoms. The van der Waals surface area contributed by atoms with Crippen LogP contribution in [0.1, 0.15) is 40.8 Å². The molecular weight excluding hydrogens is 312 g/mol. The lowest BCUT2D eigenvalue weighted by molar-refractivity contribution is -0.128. The second-order valence-electron chi connectivity index (χ2n) is 6.51. The number of nitrogens with one attached hydrogen (secondary N) is 1. The summed E-state index contributed by atoms with van der Waals surface area (Å²) in [6.07, 6.45) is 1.62. The first-order valence-corrected chi connectivity index (χ1v) is 8.54. The number of aromatic nitrogens is 1. The zero-order valence-corrected chi connectivity index (χ0v) is 14.7. The Kier molecular flexibility index (Phi) is 4.99. The molecule has 0 saturated carbocycles. The average Bonchev–Trinajstić information content (AvgIpc) is 2.98. The van der Waals surface area contributed by atoms with Crippen molar-refractivity contribution >= 4 is 11.7 Å². The van der Waals surface area contributed by atoms with Crippen LogP contribution in [0.2, 0.25) is 0 Å². The van der Waals surface area contributed by atoms with Crippen LogP contribution in [-0.4, -0.2) is 22.3 Å². The molecule has 5 heteroatoms. The zero-order valence-electron chi connectivity index (χ0n) is 14.7. The standard InChI is InChI=1S/C20H22N4O/c1-14-9-15(2)23-20(18(14)11-21)22-12-16-5-3-6-17(10-16)13-24-8-4-7-19(24)25/h3,5-6,9-10H,4,7-8,12-13H2,1-2H3,(H,22,23). The van der Waals surface area contributed by atoms with Crippen LogP contribution in [-0.2, 0) is 17.9 Å². The molecule has 0 radical (unpaired) electrons. The van der Waals surface area contributed by atoms with Gasteiger partial charge in [-0.1, -0.05) is 24.3 Å². The fourth-order valence-electron chi connectivity index (χ4n) is 3.22. The van der Waals surface area contributed by atoms with Crippen LogP contribution in [0.4, 0.5) is 5.82 Å². The van der Waals surface area contributed by atoms with Crippen LogP contribution in [0.15, 0.2) is 30.3 Å². The van der Waals surface area contributed by atoms with Crippen molar-refractivity contribution in [3.8, 4) is 6.07 Å². The highest BCUT2D eigenvalue weighted by Gasteiger charge is 2.19. The minimum Gasteiger partial charge on any atom is -0.365 e. The molecule has 1 aliphatic heterocycles. The third kappa shape index (κ3) is 3.97. The number of nitriles is 1. The number of nitrogens with zero attached hydrogens (tertiary/aromatic N) is 3. The third-order valence-electron chi connectivity index (χ3n) is 4.45. The Bertz CT molecular complexity index is 838. The maximum absolute atomic E-state index is 11.8. The van der Waals surface area contributed by atoms with E-state index >= 15 is 0 Å². The molecule has 5 nitrogen and oxygen atoms in total. The van der Waals surface area contributed by atoms with Gasteiger partial charge in [0.05, 0.1) is 5.56 Å². The molecule has 1 amide bonds. The Balaban J connectivity index is 1.71. The van der Waals surface area contributed by atoms with Crippen LogP contribution in [0.3, 0.4) is 0 Å². The monoisotopic (exact) mass is 334 g/mol. The lowest BCUT2D eigenvalue weighted by Crippen LogP contribution is -2.23. The highest BCUT2D eigenvalue weighted by Crippen LogP contribution is 2.19. The van der Waals surface area contributed by atoms with Crippen LogP contribution >= 0.6 is 0 Å². The fourth-order valence-corrected chi connectivity index (χ4v) is 3.22. The number of carbonyl (C=O) groups excluding carboxylic acids is 1. The van der Waals surface area contributed by atoms with E-state index in [1.165, 1.54) is 0 Å². The number of aryl methyl sites for hydroxylation is 2. The van der Waals surface area contributed by atoms with Crippen molar-refractivity contribution in [1.82, 2.24) is 9.88 Å². The van der Waals surface area contributed by atoms with E-state index in [0.29, 0.717) is 30.9 Å². The van der Waals surface area contributed by atoms with Gasteiger partial charge < -0.3 is 10.2 Å². The van der Waals surface area contributed by atoms with E-state index in [2.05, 4.69) is 22.4 Å². The maximum Gasteiger partial charge on any atom is 0.222 e. The number of amides is 1. The molecule has 0 atom stereocenters. The quantitative estimate of drug-likeness (QED) is 0.911. The molecule has 0 aliphatic carbocycles. The van der Waals surface area contributed by atoms with Crippen molar-refractivity contribution in [2.75, 3.05) is 11.9 Å². The number of benzene rings is 1. The minimum atomic E-state index is 0.238. The van der Waals surface area contributed by atoms with Gasteiger partial charge in [-0.25, -0.2) is 4.98 Å². The van der Waals surface area contributed by atoms with Crippen LogP contribution in [0, 0.1) is 25.2 Å². The van der Waals surface area contributed by atoms with E-state index in [1.54, 1.807) is 0 Å². The van der Waals surface area contributed by atoms with E-state index in [4.69, 9.17) is 0 Å². The summed E-state index contributed by atoms with van der Waals surface area (Å²) in [4.78, 5) is 18.1. The molecule has 3 rings (SSSR count). The van der Waals surface area contributed by atoms with E-state index in [0.717, 1.165) is 35.3 Å². The van der Waals surface area contributed by atoms with E-state index in [-0.39, 0.29) is 5.91 Å². The molecule has 1 N–H and O–H groups in total. The summed E-state index contributed by atoms with van der Waals surface area (Å²) in [7, 11) is 0. The molecule has 0 unspecified atom stereocenters. The summed E-state index contributed by atoms with van der Waals surface area (Å²) >= 11 is 0. The molecule has 2 heterocycles. The maximum atomic E-state index is 11.8. The summed E-state index contributed by atoms with van der Waals surface area (Å²) in [5, 5.41) is 12.6. The second kappa shape index (κ2) is 7.35. The topological polar surface area (TPSA) is 69.0 Å². The Hall–Kier alpha value is -2.87. The predicted octanol–water partition coefficient (Wildman–Crippen LogP) is 3.30. The van der Waals surface area contributed by atoms with Crippen molar-refractivity contribution in [3.63, 3.8) is 0 Å². The Morgan fingerprint density at radius 1 is 1.28 bits per heavy atom. The molecule has 128 valence electrons. The molecule has 25 heavy (non-hydrogen) atoms. The highest BCUT2D eigenvalue weighted by molar-refractivity contribution is 5.78. The number of hydrogen-bond acceptors (Lipinski definition) is 4. The third-order valence-corrected chi connectivity index (χ3v) is 4.45. The van der Waals surface area contributed by atoms with Crippen LogP contribution in [0.5, 0.6) is 0 Å². The Morgan fingerprint density at radius 2 is 2.08 bits per heavy atom. The van der Waals surface area contributed by atoms with Crippen LogP contribution < -0.4 is 5.32 Å². The van der Waals surface area contributed by atoms with Crippen molar-refractivity contribution < 1.29 is 4.79 Å². The SMILES string of the molecule is Cc1cc(C)c(C#N)c(NCc2cccc(CN3CCCC3=O)c2)n1. The predicted molar refractivity (Wildman–Crippen MR) is 96.8 cm³/mol. The van der Waals surface area contributed by atoms with Gasteiger partial charge in [-0.15, -0.1) is 0 Å². The van der Waals surface area contributed by atoms with Gasteiger partial charge in [0.15, 0.2) is 0 Å². The van der Waals surface area contributed by atoms with Gasteiger partial charge in [0, 0.05) is 31.7 Å². The number of pyridine rings is 1. The Labute approximate surface area is 148 Å². The first-order valence-electron chi connectivity index (χ1n) is 8.54. The molecule has 1 saturated heterocycles. The van der Waals surface area contributed by atoms with Crippen molar-refractivity contribution in [2.45, 2.75) is 39.8 Å². The molecule has 2 aromatic rings. The van der Waals surface area contributed by atoms with E-state index in [9.17, 15) is 10.1 Å². The lowest BCUT2D eigenvalue weighted by atomic mass is 10.1. The first kappa shape index (κ1) is 17.0. The summed E-state index contributed by atoms with van der Waals surface area (Å²) in [5.41, 5.74) is 4.64. The number of hydrogen-bond donors (Lipinski definition) is 1. The van der Waals surface area contributed by atoms with Gasteiger partial charge in [0.25, 0.3) is 0 Å². The van der Waals surface area contributed by atoms with Gasteiger partial charge in [-0.05, 0) is 43.0 Å². The largest absolute Gasteiger partial charge is 0.365 e. The lowest BCUT2D eigenvalue weighted by Gasteiger charge is -2.16. The molecular formula is C20H22N4O. The fraction of sp³-hybridized carbons (Fsp3) is 0.350. The van der Waals surface area contributed by atoms with Crippen LogP contribution in [0.25, 0.3) is 0 Å². The molecule has 1 fully saturated rings. The summed E-state index contributed by atoms with van der Waals surface area (Å²) in [6.45, 7) is 5.95. The second-order valence-corrected chi connectivity index (χ2v) is 6.51. The summed E-state index contributed by atoms with van der Waals surface area (Å²) in [6, 6.07) is 12.3. The molecule has 1 aliphatic rings. The van der Waals surface area contributed by atoms with Crippen molar-refractivity contribution in [2.24, 2.45) is 0 Å². The normalized spacial score (nSPS) is 13.8. The van der Waals surface area contributed by atoms with E-state index < -0.39 is 0 Å². The number of anilines is 1.